The fraction of sp³-hybridized carbons (Fsp3) is 0.680. The van der Waals surface area contributed by atoms with Crippen LogP contribution < -0.4 is 5.32 Å². The lowest BCUT2D eigenvalue weighted by atomic mass is 9.43. The largest absolute Gasteiger partial charge is 0.467 e. The number of nitrogens with one attached hydrogen (secondary N) is 1. The Bertz CT molecular complexity index is 929. The lowest BCUT2D eigenvalue weighted by Crippen LogP contribution is -2.65. The molecule has 9 heteroatoms. The van der Waals surface area contributed by atoms with E-state index in [4.69, 9.17) is 14.0 Å². The van der Waals surface area contributed by atoms with Gasteiger partial charge in [-0.3, -0.25) is 0 Å². The molecule has 2 N–H and O–H groups in total. The van der Waals surface area contributed by atoms with Gasteiger partial charge in [-0.15, -0.1) is 0 Å². The van der Waals surface area contributed by atoms with E-state index in [0.717, 1.165) is 18.4 Å². The fourth-order valence-corrected chi connectivity index (χ4v) is 6.82. The zero-order chi connectivity index (χ0) is 24.1. The number of hydrogen-bond acceptors (Lipinski definition) is 5. The van der Waals surface area contributed by atoms with Gasteiger partial charge >= 0.3 is 19.3 Å². The number of carbonyl (C=O) groups excluding carboxylic acids is 1. The van der Waals surface area contributed by atoms with Gasteiger partial charge in [0.05, 0.1) is 17.7 Å². The summed E-state index contributed by atoms with van der Waals surface area (Å²) < 4.78 is 18.6. The van der Waals surface area contributed by atoms with E-state index in [9.17, 15) is 14.7 Å². The maximum Gasteiger partial charge on any atom is 0.467 e. The van der Waals surface area contributed by atoms with Gasteiger partial charge < -0.3 is 29.4 Å². The van der Waals surface area contributed by atoms with Crippen LogP contribution in [0.4, 0.5) is 9.59 Å². The molecule has 34 heavy (non-hydrogen) atoms. The van der Waals surface area contributed by atoms with Crippen LogP contribution in [0.25, 0.3) is 0 Å². The fourth-order valence-electron chi connectivity index (χ4n) is 6.82. The molecule has 1 aromatic carbocycles. The average molecular weight is 470 g/mol. The Labute approximate surface area is 201 Å². The maximum atomic E-state index is 12.5. The molecule has 184 valence electrons. The molecule has 2 saturated heterocycles. The zero-order valence-corrected chi connectivity index (χ0v) is 20.2. The number of ether oxygens (including phenoxy) is 1. The molecule has 6 atom stereocenters. The minimum Gasteiger partial charge on any atom is -0.465 e. The summed E-state index contributed by atoms with van der Waals surface area (Å²) in [5, 5.41) is 12.1. The van der Waals surface area contributed by atoms with E-state index in [2.05, 4.69) is 26.1 Å². The number of carboxylic acid groups (broad SMARTS) is 1. The van der Waals surface area contributed by atoms with Crippen molar-refractivity contribution >= 4 is 19.3 Å². The minimum absolute atomic E-state index is 0.0584. The molecular formula is C25H35BN2O6. The van der Waals surface area contributed by atoms with Gasteiger partial charge in [-0.1, -0.05) is 44.2 Å². The van der Waals surface area contributed by atoms with Crippen molar-refractivity contribution in [3.63, 3.8) is 0 Å². The maximum absolute atomic E-state index is 12.5. The highest BCUT2D eigenvalue weighted by Gasteiger charge is 2.68. The molecule has 3 saturated carbocycles. The van der Waals surface area contributed by atoms with Crippen molar-refractivity contribution in [3.8, 4) is 0 Å². The molecule has 8 nitrogen and oxygen atoms in total. The number of nitrogens with zero attached hydrogens (tertiary/aromatic N) is 1. The predicted octanol–water partition coefficient (Wildman–Crippen LogP) is 3.91. The third-order valence-corrected chi connectivity index (χ3v) is 9.02. The topological polar surface area (TPSA) is 97.3 Å². The van der Waals surface area contributed by atoms with Crippen LogP contribution in [0.3, 0.4) is 0 Å². The predicted molar refractivity (Wildman–Crippen MR) is 126 cm³/mol. The third kappa shape index (κ3) is 3.96. The monoisotopic (exact) mass is 470 g/mol. The summed E-state index contributed by atoms with van der Waals surface area (Å²) in [6.45, 7) is 7.72. The van der Waals surface area contributed by atoms with E-state index in [1.807, 2.05) is 30.3 Å². The Kier molecular flexibility index (Phi) is 6.05. The number of rotatable bonds is 6. The highest BCUT2D eigenvalue weighted by Crippen LogP contribution is 2.66. The van der Waals surface area contributed by atoms with Crippen molar-refractivity contribution in [3.05, 3.63) is 35.9 Å². The Hall–Kier alpha value is -2.26. The van der Waals surface area contributed by atoms with E-state index in [0.29, 0.717) is 31.3 Å². The molecular weight excluding hydrogens is 435 g/mol. The van der Waals surface area contributed by atoms with Gasteiger partial charge in [0.2, 0.25) is 0 Å². The standard InChI is InChI=1S/C25H35BN2O6/c1-24(2)17-12-20(24)25(3)21(13-17)33-26(34-25)19(16-8-5-4-6-9-16)14-27-22(29)32-15-18-10-7-11-28(18)23(30)31/h4-6,8-9,17-21H,7,10-15H2,1-3H3,(H,27,29)(H,30,31)/t17-,18?,19-,20-,21+,25-/m0/s1. The number of alkyl carbamates (subject to hydrolysis) is 1. The first kappa shape index (κ1) is 23.5. The van der Waals surface area contributed by atoms with Crippen molar-refractivity contribution < 1.29 is 28.7 Å². The molecule has 5 fully saturated rings. The van der Waals surface area contributed by atoms with Crippen molar-refractivity contribution in [2.45, 2.75) is 70.0 Å². The van der Waals surface area contributed by atoms with Crippen molar-refractivity contribution in [1.29, 1.82) is 0 Å². The van der Waals surface area contributed by atoms with Crippen LogP contribution in [0.15, 0.2) is 30.3 Å². The number of carbonyl (C=O) groups is 2. The number of likely N-dealkylation sites (tertiary alicyclic amines) is 1. The average Bonchev–Trinajstić information content (AvgIpc) is 3.42. The first-order valence-corrected chi connectivity index (χ1v) is 12.5. The Morgan fingerprint density at radius 1 is 1.26 bits per heavy atom. The Morgan fingerprint density at radius 2 is 2.03 bits per heavy atom. The Morgan fingerprint density at radius 3 is 2.74 bits per heavy atom. The van der Waals surface area contributed by atoms with Gasteiger partial charge in [0.15, 0.2) is 0 Å². The van der Waals surface area contributed by atoms with Gasteiger partial charge in [-0.2, -0.15) is 0 Å². The second-order valence-corrected chi connectivity index (χ2v) is 11.1. The second-order valence-electron chi connectivity index (χ2n) is 11.1. The van der Waals surface area contributed by atoms with Crippen molar-refractivity contribution in [2.24, 2.45) is 17.3 Å². The summed E-state index contributed by atoms with van der Waals surface area (Å²) >= 11 is 0. The zero-order valence-electron chi connectivity index (χ0n) is 20.2. The smallest absolute Gasteiger partial charge is 0.465 e. The van der Waals surface area contributed by atoms with E-state index in [1.54, 1.807) is 0 Å². The molecule has 2 amide bonds. The minimum atomic E-state index is -0.970. The normalized spacial score (nSPS) is 34.2. The van der Waals surface area contributed by atoms with Crippen LogP contribution in [0.5, 0.6) is 0 Å². The van der Waals surface area contributed by atoms with Crippen LogP contribution >= 0.6 is 0 Å². The van der Waals surface area contributed by atoms with E-state index in [1.165, 1.54) is 11.3 Å². The van der Waals surface area contributed by atoms with E-state index < -0.39 is 19.3 Å². The molecule has 6 rings (SSSR count). The molecule has 1 aromatic rings. The number of amides is 2. The molecule has 0 spiro atoms. The number of benzene rings is 1. The SMILES string of the molecule is CC1(C)[C@@H]2C[C@H]3OB([C@@H](CNC(=O)OCC4CCCN4C(=O)O)c4ccccc4)O[C@@]3(C)[C@H]1C2. The summed E-state index contributed by atoms with van der Waals surface area (Å²) in [6.07, 6.45) is 2.23. The van der Waals surface area contributed by atoms with Crippen molar-refractivity contribution in [2.75, 3.05) is 19.7 Å². The first-order valence-electron chi connectivity index (χ1n) is 12.5. The molecule has 2 bridgehead atoms. The Balaban J connectivity index is 1.23. The molecule has 1 unspecified atom stereocenters. The summed E-state index contributed by atoms with van der Waals surface area (Å²) in [5.41, 5.74) is 0.978. The summed E-state index contributed by atoms with van der Waals surface area (Å²) in [6, 6.07) is 9.69. The van der Waals surface area contributed by atoms with Crippen LogP contribution in [-0.2, 0) is 14.0 Å². The van der Waals surface area contributed by atoms with Crippen LogP contribution in [0, 0.1) is 17.3 Å². The molecule has 0 radical (unpaired) electrons. The van der Waals surface area contributed by atoms with Crippen LogP contribution in [-0.4, -0.2) is 66.8 Å². The summed E-state index contributed by atoms with van der Waals surface area (Å²) in [5.74, 6) is 0.951. The highest BCUT2D eigenvalue weighted by molar-refractivity contribution is 6.47. The summed E-state index contributed by atoms with van der Waals surface area (Å²) in [4.78, 5) is 25.2. The van der Waals surface area contributed by atoms with E-state index >= 15 is 0 Å². The first-order chi connectivity index (χ1) is 16.2. The molecule has 3 aliphatic carbocycles. The van der Waals surface area contributed by atoms with Gasteiger partial charge in [0, 0.05) is 18.9 Å². The molecule has 5 aliphatic rings. The lowest BCUT2D eigenvalue weighted by Gasteiger charge is -2.64. The van der Waals surface area contributed by atoms with Gasteiger partial charge in [-0.25, -0.2) is 9.59 Å². The molecule has 0 aromatic heterocycles. The number of hydrogen-bond donors (Lipinski definition) is 2. The van der Waals surface area contributed by atoms with Gasteiger partial charge in [0.1, 0.15) is 6.61 Å². The lowest BCUT2D eigenvalue weighted by molar-refractivity contribution is -0.199. The highest BCUT2D eigenvalue weighted by atomic mass is 16.7. The van der Waals surface area contributed by atoms with Gasteiger partial charge in [0.25, 0.3) is 0 Å². The molecule has 2 heterocycles. The van der Waals surface area contributed by atoms with E-state index in [-0.39, 0.29) is 35.6 Å². The van der Waals surface area contributed by atoms with Gasteiger partial charge in [-0.05, 0) is 55.4 Å². The van der Waals surface area contributed by atoms with Crippen molar-refractivity contribution in [1.82, 2.24) is 10.2 Å². The second kappa shape index (κ2) is 8.75. The van der Waals surface area contributed by atoms with Crippen LogP contribution in [0.2, 0.25) is 0 Å². The molecule has 2 aliphatic heterocycles. The summed E-state index contributed by atoms with van der Waals surface area (Å²) in [7, 11) is -0.454. The van der Waals surface area contributed by atoms with Crippen LogP contribution in [0.1, 0.15) is 57.8 Å². The quantitative estimate of drug-likeness (QED) is 0.612. The third-order valence-electron chi connectivity index (χ3n) is 9.02.